The first kappa shape index (κ1) is 16.9. The fourth-order valence-corrected chi connectivity index (χ4v) is 3.22. The molecule has 8 heteroatoms. The zero-order valence-corrected chi connectivity index (χ0v) is 13.9. The maximum absolute atomic E-state index is 12.8. The number of nitrogens with one attached hydrogen (secondary N) is 2. The molecular weight excluding hydrogens is 310 g/mol. The van der Waals surface area contributed by atoms with Crippen molar-refractivity contribution < 1.29 is 14.3 Å². The highest BCUT2D eigenvalue weighted by atomic mass is 16.5. The fourth-order valence-electron chi connectivity index (χ4n) is 3.22. The van der Waals surface area contributed by atoms with Crippen molar-refractivity contribution in [3.8, 4) is 0 Å². The Morgan fingerprint density at radius 3 is 2.88 bits per heavy atom. The Kier molecular flexibility index (Phi) is 5.81. The highest BCUT2D eigenvalue weighted by Gasteiger charge is 2.34. The van der Waals surface area contributed by atoms with Crippen LogP contribution in [0.2, 0.25) is 0 Å². The summed E-state index contributed by atoms with van der Waals surface area (Å²) in [4.78, 5) is 28.9. The first-order chi connectivity index (χ1) is 11.8. The smallest absolute Gasteiger partial charge is 0.246 e. The molecule has 3 heterocycles. The van der Waals surface area contributed by atoms with E-state index in [0.29, 0.717) is 45.8 Å². The molecule has 2 amide bonds. The van der Waals surface area contributed by atoms with Crippen LogP contribution in [0.15, 0.2) is 12.4 Å². The molecule has 132 valence electrons. The minimum absolute atomic E-state index is 0.0358. The van der Waals surface area contributed by atoms with Crippen molar-refractivity contribution in [1.82, 2.24) is 25.3 Å². The van der Waals surface area contributed by atoms with Crippen LogP contribution in [0.4, 0.5) is 0 Å². The molecule has 8 nitrogen and oxygen atoms in total. The summed E-state index contributed by atoms with van der Waals surface area (Å²) in [6.07, 6.45) is 5.66. The third-order valence-corrected chi connectivity index (χ3v) is 4.58. The van der Waals surface area contributed by atoms with Crippen molar-refractivity contribution in [3.63, 3.8) is 0 Å². The summed E-state index contributed by atoms with van der Waals surface area (Å²) in [5.74, 6) is 0.0975. The Morgan fingerprint density at radius 1 is 1.29 bits per heavy atom. The predicted molar refractivity (Wildman–Crippen MR) is 87.3 cm³/mol. The highest BCUT2D eigenvalue weighted by molar-refractivity contribution is 5.88. The number of carbonyl (C=O) groups excluding carboxylic acids is 2. The summed E-state index contributed by atoms with van der Waals surface area (Å²) in [6, 6.07) is -0.390. The van der Waals surface area contributed by atoms with Crippen molar-refractivity contribution in [1.29, 1.82) is 0 Å². The van der Waals surface area contributed by atoms with E-state index in [4.69, 9.17) is 4.74 Å². The molecule has 2 N–H and O–H groups in total. The monoisotopic (exact) mass is 335 g/mol. The zero-order valence-electron chi connectivity index (χ0n) is 13.9. The van der Waals surface area contributed by atoms with E-state index >= 15 is 0 Å². The molecule has 1 aromatic rings. The van der Waals surface area contributed by atoms with Crippen molar-refractivity contribution in [3.05, 3.63) is 18.0 Å². The van der Waals surface area contributed by atoms with Gasteiger partial charge in [0.15, 0.2) is 0 Å². The number of H-pyrrole nitrogens is 1. The number of aryl methyl sites for hydroxylation is 1. The topological polar surface area (TPSA) is 90.6 Å². The lowest BCUT2D eigenvalue weighted by atomic mass is 10.1. The summed E-state index contributed by atoms with van der Waals surface area (Å²) < 4.78 is 5.30. The number of ether oxygens (including phenoxy) is 1. The van der Waals surface area contributed by atoms with E-state index in [-0.39, 0.29) is 11.8 Å². The molecule has 24 heavy (non-hydrogen) atoms. The van der Waals surface area contributed by atoms with Gasteiger partial charge in [0.2, 0.25) is 11.8 Å². The van der Waals surface area contributed by atoms with Crippen molar-refractivity contribution >= 4 is 11.8 Å². The van der Waals surface area contributed by atoms with Crippen LogP contribution in [0.5, 0.6) is 0 Å². The van der Waals surface area contributed by atoms with Gasteiger partial charge in [0, 0.05) is 45.3 Å². The molecule has 0 unspecified atom stereocenters. The molecular formula is C16H25N5O3. The van der Waals surface area contributed by atoms with E-state index in [9.17, 15) is 9.59 Å². The first-order valence-electron chi connectivity index (χ1n) is 8.60. The number of morpholine rings is 1. The van der Waals surface area contributed by atoms with Crippen LogP contribution in [-0.2, 0) is 20.7 Å². The molecule has 0 saturated carbocycles. The molecule has 2 saturated heterocycles. The molecule has 0 aliphatic carbocycles. The molecule has 1 aromatic heterocycles. The Morgan fingerprint density at radius 2 is 2.12 bits per heavy atom. The lowest BCUT2D eigenvalue weighted by Crippen LogP contribution is -2.61. The van der Waals surface area contributed by atoms with Gasteiger partial charge in [-0.25, -0.2) is 0 Å². The molecule has 1 atom stereocenters. The average Bonchev–Trinajstić information content (AvgIpc) is 3.15. The number of aromatic amines is 1. The van der Waals surface area contributed by atoms with Gasteiger partial charge in [0.25, 0.3) is 0 Å². The summed E-state index contributed by atoms with van der Waals surface area (Å²) in [5, 5.41) is 9.92. The molecule has 2 aliphatic rings. The number of piperazine rings is 1. The molecule has 0 radical (unpaired) electrons. The second kappa shape index (κ2) is 8.25. The van der Waals surface area contributed by atoms with E-state index in [1.807, 2.05) is 11.1 Å². The Labute approximate surface area is 141 Å². The number of carbonyl (C=O) groups is 2. The largest absolute Gasteiger partial charge is 0.378 e. The molecule has 0 spiro atoms. The van der Waals surface area contributed by atoms with Crippen molar-refractivity contribution in [2.75, 3.05) is 45.9 Å². The normalized spacial score (nSPS) is 21.8. The molecule has 0 aromatic carbocycles. The number of amides is 2. The lowest BCUT2D eigenvalue weighted by molar-refractivity contribution is -0.149. The van der Waals surface area contributed by atoms with Crippen LogP contribution in [0, 0.1) is 0 Å². The summed E-state index contributed by atoms with van der Waals surface area (Å²) in [6.45, 7) is 4.22. The summed E-state index contributed by atoms with van der Waals surface area (Å²) >= 11 is 0. The van der Waals surface area contributed by atoms with Crippen LogP contribution in [0.3, 0.4) is 0 Å². The molecule has 2 aliphatic heterocycles. The van der Waals surface area contributed by atoms with Gasteiger partial charge in [-0.15, -0.1) is 0 Å². The van der Waals surface area contributed by atoms with Gasteiger partial charge < -0.3 is 19.9 Å². The van der Waals surface area contributed by atoms with Gasteiger partial charge in [0.05, 0.1) is 19.4 Å². The van der Waals surface area contributed by atoms with Gasteiger partial charge in [0.1, 0.15) is 6.04 Å². The minimum Gasteiger partial charge on any atom is -0.378 e. The van der Waals surface area contributed by atoms with Gasteiger partial charge in [-0.2, -0.15) is 5.10 Å². The number of hydrogen-bond donors (Lipinski definition) is 2. The maximum atomic E-state index is 12.8. The van der Waals surface area contributed by atoms with Gasteiger partial charge >= 0.3 is 0 Å². The Bertz CT molecular complexity index is 542. The number of hydrogen-bond acceptors (Lipinski definition) is 5. The van der Waals surface area contributed by atoms with E-state index in [1.54, 1.807) is 11.1 Å². The van der Waals surface area contributed by atoms with Gasteiger partial charge in [-0.05, 0) is 18.4 Å². The second-order valence-corrected chi connectivity index (χ2v) is 6.20. The highest BCUT2D eigenvalue weighted by Crippen LogP contribution is 2.13. The summed E-state index contributed by atoms with van der Waals surface area (Å²) in [7, 11) is 0. The van der Waals surface area contributed by atoms with Crippen LogP contribution < -0.4 is 5.32 Å². The number of rotatable bonds is 5. The Hall–Kier alpha value is -1.93. The maximum Gasteiger partial charge on any atom is 0.246 e. The van der Waals surface area contributed by atoms with Crippen molar-refractivity contribution in [2.24, 2.45) is 0 Å². The van der Waals surface area contributed by atoms with E-state index in [0.717, 1.165) is 24.9 Å². The number of aromatic nitrogens is 2. The third kappa shape index (κ3) is 4.12. The minimum atomic E-state index is -0.390. The molecule has 0 bridgehead atoms. The van der Waals surface area contributed by atoms with Gasteiger partial charge in [-0.1, -0.05) is 0 Å². The SMILES string of the molecule is O=C([C@@H]1CNCCN1C(=O)CCCc1cn[nH]c1)N1CCOCC1. The van der Waals surface area contributed by atoms with E-state index in [2.05, 4.69) is 15.5 Å². The molecule has 3 rings (SSSR count). The predicted octanol–water partition coefficient (Wildman–Crippen LogP) is -0.608. The number of nitrogens with zero attached hydrogens (tertiary/aromatic N) is 3. The van der Waals surface area contributed by atoms with Crippen LogP contribution in [-0.4, -0.2) is 83.8 Å². The summed E-state index contributed by atoms with van der Waals surface area (Å²) in [5.41, 5.74) is 1.10. The van der Waals surface area contributed by atoms with Crippen LogP contribution in [0.25, 0.3) is 0 Å². The Balaban J connectivity index is 1.54. The van der Waals surface area contributed by atoms with E-state index < -0.39 is 6.04 Å². The second-order valence-electron chi connectivity index (χ2n) is 6.20. The third-order valence-electron chi connectivity index (χ3n) is 4.58. The van der Waals surface area contributed by atoms with E-state index in [1.165, 1.54) is 0 Å². The van der Waals surface area contributed by atoms with Crippen LogP contribution >= 0.6 is 0 Å². The van der Waals surface area contributed by atoms with Crippen molar-refractivity contribution in [2.45, 2.75) is 25.3 Å². The van der Waals surface area contributed by atoms with Crippen LogP contribution in [0.1, 0.15) is 18.4 Å². The van der Waals surface area contributed by atoms with Gasteiger partial charge in [-0.3, -0.25) is 14.7 Å². The quantitative estimate of drug-likeness (QED) is 0.749. The zero-order chi connectivity index (χ0) is 16.8. The molecule has 2 fully saturated rings. The standard InChI is InChI=1S/C16H25N5O3/c22-15(3-1-2-13-10-18-19-11-13)21-5-4-17-12-14(21)16(23)20-6-8-24-9-7-20/h10-11,14,17H,1-9,12H2,(H,18,19)/t14-/m0/s1. The first-order valence-corrected chi connectivity index (χ1v) is 8.60. The fraction of sp³-hybridized carbons (Fsp3) is 0.688. The lowest BCUT2D eigenvalue weighted by Gasteiger charge is -2.39. The average molecular weight is 335 g/mol.